The molecule has 0 radical (unpaired) electrons. The van der Waals surface area contributed by atoms with Crippen molar-refractivity contribution in [3.05, 3.63) is 23.3 Å². The predicted molar refractivity (Wildman–Crippen MR) is 53.4 cm³/mol. The highest BCUT2D eigenvalue weighted by atomic mass is 16.5. The Hall–Kier alpha value is -0.600. The molecule has 1 atom stereocenters. The van der Waals surface area contributed by atoms with E-state index in [9.17, 15) is 0 Å². The second kappa shape index (κ2) is 4.07. The van der Waals surface area contributed by atoms with E-state index in [1.807, 2.05) is 0 Å². The fourth-order valence-electron chi connectivity index (χ4n) is 2.13. The van der Waals surface area contributed by atoms with Crippen molar-refractivity contribution in [2.45, 2.75) is 31.8 Å². The molecule has 2 rings (SSSR count). The zero-order valence-corrected chi connectivity index (χ0v) is 7.96. The highest BCUT2D eigenvalue weighted by molar-refractivity contribution is 5.34. The molecule has 0 fully saturated rings. The minimum Gasteiger partial charge on any atom is -0.372 e. The Labute approximate surface area is 79.5 Å². The second-order valence-corrected chi connectivity index (χ2v) is 3.74. The first-order valence-electron chi connectivity index (χ1n) is 5.11. The van der Waals surface area contributed by atoms with Crippen molar-refractivity contribution in [3.8, 4) is 0 Å². The quantitative estimate of drug-likeness (QED) is 0.716. The van der Waals surface area contributed by atoms with Gasteiger partial charge in [-0.25, -0.2) is 0 Å². The van der Waals surface area contributed by atoms with Gasteiger partial charge in [-0.15, -0.1) is 0 Å². The second-order valence-electron chi connectivity index (χ2n) is 3.74. The van der Waals surface area contributed by atoms with Crippen LogP contribution in [0.2, 0.25) is 0 Å². The predicted octanol–water partition coefficient (Wildman–Crippen LogP) is 1.77. The van der Waals surface area contributed by atoms with Gasteiger partial charge in [0, 0.05) is 6.54 Å². The molecule has 2 N–H and O–H groups in total. The van der Waals surface area contributed by atoms with Gasteiger partial charge in [0.15, 0.2) is 0 Å². The van der Waals surface area contributed by atoms with Gasteiger partial charge in [0.05, 0.1) is 12.7 Å². The Bertz CT molecular complexity index is 242. The molecule has 0 aromatic rings. The van der Waals surface area contributed by atoms with E-state index in [4.69, 9.17) is 10.5 Å². The number of ether oxygens (including phenoxy) is 1. The van der Waals surface area contributed by atoms with Crippen LogP contribution in [0, 0.1) is 0 Å². The van der Waals surface area contributed by atoms with Crippen LogP contribution in [0.15, 0.2) is 23.3 Å². The smallest absolute Gasteiger partial charge is 0.0796 e. The molecule has 2 heteroatoms. The average molecular weight is 179 g/mol. The summed E-state index contributed by atoms with van der Waals surface area (Å²) in [5.41, 5.74) is 8.57. The van der Waals surface area contributed by atoms with E-state index in [0.29, 0.717) is 19.3 Å². The third-order valence-electron chi connectivity index (χ3n) is 2.79. The maximum Gasteiger partial charge on any atom is 0.0796 e. The standard InChI is InChI=1S/C11H17NO/c12-6-7-13-11-5-4-9-2-1-3-10(9)8-11/h4-5,11H,1-3,6-8,12H2. The summed E-state index contributed by atoms with van der Waals surface area (Å²) in [5.74, 6) is 0. The highest BCUT2D eigenvalue weighted by Gasteiger charge is 2.19. The molecule has 0 heterocycles. The third-order valence-corrected chi connectivity index (χ3v) is 2.79. The van der Waals surface area contributed by atoms with Crippen molar-refractivity contribution < 1.29 is 4.74 Å². The molecule has 0 saturated carbocycles. The Balaban J connectivity index is 1.90. The molecule has 2 nitrogen and oxygen atoms in total. The largest absolute Gasteiger partial charge is 0.372 e. The normalized spacial score (nSPS) is 26.7. The molecular weight excluding hydrogens is 162 g/mol. The maximum absolute atomic E-state index is 5.59. The number of hydrogen-bond acceptors (Lipinski definition) is 2. The molecule has 0 spiro atoms. The minimum atomic E-state index is 0.292. The fraction of sp³-hybridized carbons (Fsp3) is 0.636. The lowest BCUT2D eigenvalue weighted by molar-refractivity contribution is 0.0904. The van der Waals surface area contributed by atoms with Crippen LogP contribution in [-0.2, 0) is 4.74 Å². The molecule has 0 bridgehead atoms. The van der Waals surface area contributed by atoms with Crippen LogP contribution in [0.25, 0.3) is 0 Å². The van der Waals surface area contributed by atoms with Gasteiger partial charge in [-0.3, -0.25) is 0 Å². The number of nitrogens with two attached hydrogens (primary N) is 1. The number of hydrogen-bond donors (Lipinski definition) is 1. The van der Waals surface area contributed by atoms with E-state index >= 15 is 0 Å². The Kier molecular flexibility index (Phi) is 2.81. The van der Waals surface area contributed by atoms with Gasteiger partial charge in [-0.05, 0) is 31.3 Å². The monoisotopic (exact) mass is 179 g/mol. The average Bonchev–Trinajstić information content (AvgIpc) is 2.61. The van der Waals surface area contributed by atoms with Gasteiger partial charge in [-0.1, -0.05) is 17.7 Å². The minimum absolute atomic E-state index is 0.292. The molecular formula is C11H17NO. The molecule has 0 aromatic heterocycles. The van der Waals surface area contributed by atoms with Crippen molar-refractivity contribution in [2.75, 3.05) is 13.2 Å². The summed E-state index contributed by atoms with van der Waals surface area (Å²) >= 11 is 0. The number of allylic oxidation sites excluding steroid dienone is 2. The molecule has 2 aliphatic rings. The van der Waals surface area contributed by atoms with Crippen LogP contribution in [0.4, 0.5) is 0 Å². The van der Waals surface area contributed by atoms with E-state index in [1.165, 1.54) is 19.3 Å². The summed E-state index contributed by atoms with van der Waals surface area (Å²) in [6, 6.07) is 0. The highest BCUT2D eigenvalue weighted by Crippen LogP contribution is 2.33. The van der Waals surface area contributed by atoms with Gasteiger partial charge in [0.1, 0.15) is 0 Å². The van der Waals surface area contributed by atoms with Gasteiger partial charge in [0.25, 0.3) is 0 Å². The van der Waals surface area contributed by atoms with Crippen LogP contribution in [0.1, 0.15) is 25.7 Å². The van der Waals surface area contributed by atoms with E-state index in [1.54, 1.807) is 11.1 Å². The maximum atomic E-state index is 5.59. The van der Waals surface area contributed by atoms with Gasteiger partial charge >= 0.3 is 0 Å². The number of rotatable bonds is 3. The van der Waals surface area contributed by atoms with Crippen molar-refractivity contribution in [1.29, 1.82) is 0 Å². The van der Waals surface area contributed by atoms with Crippen LogP contribution in [0.3, 0.4) is 0 Å². The van der Waals surface area contributed by atoms with Crippen molar-refractivity contribution >= 4 is 0 Å². The molecule has 0 aliphatic heterocycles. The lowest BCUT2D eigenvalue weighted by Gasteiger charge is -2.18. The lowest BCUT2D eigenvalue weighted by Crippen LogP contribution is -2.18. The van der Waals surface area contributed by atoms with E-state index in [2.05, 4.69) is 12.2 Å². The topological polar surface area (TPSA) is 35.2 Å². The molecule has 72 valence electrons. The van der Waals surface area contributed by atoms with Crippen LogP contribution >= 0.6 is 0 Å². The third kappa shape index (κ3) is 2.01. The van der Waals surface area contributed by atoms with Crippen LogP contribution < -0.4 is 5.73 Å². The van der Waals surface area contributed by atoms with Crippen LogP contribution in [0.5, 0.6) is 0 Å². The Morgan fingerprint density at radius 2 is 2.38 bits per heavy atom. The molecule has 13 heavy (non-hydrogen) atoms. The van der Waals surface area contributed by atoms with Gasteiger partial charge in [0.2, 0.25) is 0 Å². The zero-order valence-electron chi connectivity index (χ0n) is 7.96. The lowest BCUT2D eigenvalue weighted by atomic mass is 9.98. The van der Waals surface area contributed by atoms with Crippen molar-refractivity contribution in [3.63, 3.8) is 0 Å². The summed E-state index contributed by atoms with van der Waals surface area (Å²) in [7, 11) is 0. The molecule has 2 aliphatic carbocycles. The van der Waals surface area contributed by atoms with E-state index in [-0.39, 0.29) is 0 Å². The van der Waals surface area contributed by atoms with E-state index < -0.39 is 0 Å². The summed E-state index contributed by atoms with van der Waals surface area (Å²) < 4.78 is 5.59. The summed E-state index contributed by atoms with van der Waals surface area (Å²) in [6.45, 7) is 1.30. The molecule has 0 amide bonds. The summed E-state index contributed by atoms with van der Waals surface area (Å²) in [6.07, 6.45) is 9.70. The molecule has 1 unspecified atom stereocenters. The van der Waals surface area contributed by atoms with E-state index in [0.717, 1.165) is 6.42 Å². The molecule has 0 aromatic carbocycles. The van der Waals surface area contributed by atoms with Gasteiger partial charge < -0.3 is 10.5 Å². The summed E-state index contributed by atoms with van der Waals surface area (Å²) in [4.78, 5) is 0. The Morgan fingerprint density at radius 3 is 3.23 bits per heavy atom. The first-order valence-corrected chi connectivity index (χ1v) is 5.11. The van der Waals surface area contributed by atoms with Gasteiger partial charge in [-0.2, -0.15) is 0 Å². The fourth-order valence-corrected chi connectivity index (χ4v) is 2.13. The van der Waals surface area contributed by atoms with Crippen LogP contribution in [-0.4, -0.2) is 19.3 Å². The zero-order chi connectivity index (χ0) is 9.10. The SMILES string of the molecule is NCCOC1C=CC2=C(CCC2)C1. The first-order chi connectivity index (χ1) is 6.40. The van der Waals surface area contributed by atoms with Crippen molar-refractivity contribution in [2.24, 2.45) is 5.73 Å². The summed E-state index contributed by atoms with van der Waals surface area (Å²) in [5, 5.41) is 0. The van der Waals surface area contributed by atoms with Crippen molar-refractivity contribution in [1.82, 2.24) is 0 Å². The Morgan fingerprint density at radius 1 is 1.46 bits per heavy atom. The molecule has 0 saturated heterocycles. The first kappa shape index (κ1) is 8.97.